The van der Waals surface area contributed by atoms with E-state index in [1.165, 1.54) is 55.3 Å². The molecule has 1 aromatic carbocycles. The Bertz CT molecular complexity index is 1070. The summed E-state index contributed by atoms with van der Waals surface area (Å²) in [5.74, 6) is 0.148. The van der Waals surface area contributed by atoms with Crippen molar-refractivity contribution in [1.29, 1.82) is 0 Å². The number of nitrogens with zero attached hydrogens (tertiary/aromatic N) is 3. The van der Waals surface area contributed by atoms with Gasteiger partial charge in [0, 0.05) is 23.6 Å². The highest BCUT2D eigenvalue weighted by Gasteiger charge is 2.39. The van der Waals surface area contributed by atoms with Crippen LogP contribution in [-0.4, -0.2) is 32.6 Å². The molecule has 174 valence electrons. The first-order valence-corrected chi connectivity index (χ1v) is 13.5. The van der Waals surface area contributed by atoms with E-state index in [-0.39, 0.29) is 5.91 Å². The number of amides is 1. The molecule has 1 aliphatic heterocycles. The number of aromatic nitrogens is 1. The van der Waals surface area contributed by atoms with Crippen molar-refractivity contribution < 1.29 is 4.79 Å². The fourth-order valence-electron chi connectivity index (χ4n) is 5.47. The Labute approximate surface area is 202 Å². The largest absolute Gasteiger partial charge is 0.317 e. The van der Waals surface area contributed by atoms with Gasteiger partial charge in [0.05, 0.1) is 10.9 Å². The summed E-state index contributed by atoms with van der Waals surface area (Å²) in [6.45, 7) is 4.31. The third kappa shape index (κ3) is 4.70. The van der Waals surface area contributed by atoms with E-state index < -0.39 is 0 Å². The molecule has 33 heavy (non-hydrogen) atoms. The maximum Gasteiger partial charge on any atom is 0.267 e. The van der Waals surface area contributed by atoms with Gasteiger partial charge < -0.3 is 4.57 Å². The molecule has 0 unspecified atom stereocenters. The van der Waals surface area contributed by atoms with Crippen LogP contribution in [0, 0.1) is 13.8 Å². The number of carbonyl (C=O) groups excluding carboxylic acids is 1. The first kappa shape index (κ1) is 22.5. The summed E-state index contributed by atoms with van der Waals surface area (Å²) < 4.78 is 2.20. The fourth-order valence-corrected chi connectivity index (χ4v) is 6.56. The molecular formula is C28H35N3OS. The van der Waals surface area contributed by atoms with Gasteiger partial charge in [-0.2, -0.15) is 0 Å². The van der Waals surface area contributed by atoms with Crippen molar-refractivity contribution in [2.45, 2.75) is 90.1 Å². The van der Waals surface area contributed by atoms with Gasteiger partial charge in [-0.15, -0.1) is 0 Å². The first-order chi connectivity index (χ1) is 16.1. The zero-order chi connectivity index (χ0) is 22.8. The van der Waals surface area contributed by atoms with Crippen molar-refractivity contribution in [2.24, 2.45) is 4.99 Å². The number of aliphatic imine (C=N–C) groups is 1. The van der Waals surface area contributed by atoms with Crippen LogP contribution in [0.5, 0.6) is 0 Å². The van der Waals surface area contributed by atoms with Gasteiger partial charge in [0.15, 0.2) is 5.17 Å². The van der Waals surface area contributed by atoms with Crippen LogP contribution in [0.3, 0.4) is 0 Å². The standard InChI is InChI=1S/C28H35N3OS/c1-20-11-9-17-25(21(20)2)30-18-10-16-24(30)19-26-27(32)31(23-14-7-4-8-15-23)28(33-26)29-22-12-5-3-6-13-22/h9-11,16-19,22-23H,3-8,12-15H2,1-2H3. The Kier molecular flexibility index (Phi) is 6.77. The Morgan fingerprint density at radius 1 is 0.939 bits per heavy atom. The smallest absolute Gasteiger partial charge is 0.267 e. The van der Waals surface area contributed by atoms with Crippen LogP contribution in [0.4, 0.5) is 0 Å². The number of thioether (sulfide) groups is 1. The van der Waals surface area contributed by atoms with Crippen molar-refractivity contribution in [3.8, 4) is 5.69 Å². The lowest BCUT2D eigenvalue weighted by molar-refractivity contribution is -0.124. The monoisotopic (exact) mass is 461 g/mol. The molecule has 2 saturated carbocycles. The average Bonchev–Trinajstić information content (AvgIpc) is 3.41. The molecule has 4 nitrogen and oxygen atoms in total. The summed E-state index contributed by atoms with van der Waals surface area (Å²) in [5.41, 5.74) is 4.75. The normalized spacial score (nSPS) is 23.2. The number of rotatable bonds is 4. The maximum absolute atomic E-state index is 13.7. The fraction of sp³-hybridized carbons (Fsp3) is 0.500. The molecule has 0 atom stereocenters. The van der Waals surface area contributed by atoms with Gasteiger partial charge in [-0.3, -0.25) is 14.7 Å². The second kappa shape index (κ2) is 9.92. The van der Waals surface area contributed by atoms with Gasteiger partial charge >= 0.3 is 0 Å². The van der Waals surface area contributed by atoms with Crippen LogP contribution in [0.1, 0.15) is 81.0 Å². The third-order valence-corrected chi connectivity index (χ3v) is 8.54. The predicted octanol–water partition coefficient (Wildman–Crippen LogP) is 7.03. The van der Waals surface area contributed by atoms with Crippen molar-refractivity contribution in [2.75, 3.05) is 0 Å². The third-order valence-electron chi connectivity index (χ3n) is 7.54. The van der Waals surface area contributed by atoms with E-state index in [1.54, 1.807) is 11.8 Å². The van der Waals surface area contributed by atoms with Crippen LogP contribution in [-0.2, 0) is 4.79 Å². The van der Waals surface area contributed by atoms with Crippen molar-refractivity contribution in [3.05, 3.63) is 58.3 Å². The zero-order valence-electron chi connectivity index (χ0n) is 19.9. The zero-order valence-corrected chi connectivity index (χ0v) is 20.7. The van der Waals surface area contributed by atoms with E-state index in [4.69, 9.17) is 4.99 Å². The van der Waals surface area contributed by atoms with E-state index in [1.807, 2.05) is 0 Å². The van der Waals surface area contributed by atoms with E-state index in [0.717, 1.165) is 41.5 Å². The molecule has 0 radical (unpaired) electrons. The highest BCUT2D eigenvalue weighted by molar-refractivity contribution is 8.18. The Hall–Kier alpha value is -2.27. The molecule has 2 aliphatic carbocycles. The number of aryl methyl sites for hydroxylation is 1. The Morgan fingerprint density at radius 3 is 2.42 bits per heavy atom. The van der Waals surface area contributed by atoms with Crippen molar-refractivity contribution in [1.82, 2.24) is 9.47 Å². The van der Waals surface area contributed by atoms with E-state index in [0.29, 0.717) is 12.1 Å². The minimum Gasteiger partial charge on any atom is -0.317 e. The molecule has 2 aromatic rings. The molecule has 5 rings (SSSR count). The van der Waals surface area contributed by atoms with E-state index in [9.17, 15) is 4.79 Å². The molecule has 0 bridgehead atoms. The highest BCUT2D eigenvalue weighted by atomic mass is 32.2. The molecule has 1 amide bonds. The summed E-state index contributed by atoms with van der Waals surface area (Å²) in [7, 11) is 0. The van der Waals surface area contributed by atoms with Crippen LogP contribution >= 0.6 is 11.8 Å². The number of hydrogen-bond acceptors (Lipinski definition) is 3. The Morgan fingerprint density at radius 2 is 1.67 bits per heavy atom. The lowest BCUT2D eigenvalue weighted by atomic mass is 9.94. The summed E-state index contributed by atoms with van der Waals surface area (Å²) in [4.78, 5) is 21.7. The molecule has 2 heterocycles. The van der Waals surface area contributed by atoms with Gasteiger partial charge in [0.1, 0.15) is 0 Å². The second-order valence-corrected chi connectivity index (χ2v) is 10.8. The lowest BCUT2D eigenvalue weighted by Crippen LogP contribution is -2.41. The minimum absolute atomic E-state index is 0.148. The molecule has 3 fully saturated rings. The van der Waals surface area contributed by atoms with Gasteiger partial charge in [-0.25, -0.2) is 0 Å². The summed E-state index contributed by atoms with van der Waals surface area (Å²) in [6, 6.07) is 11.2. The number of carbonyl (C=O) groups is 1. The van der Waals surface area contributed by atoms with Gasteiger partial charge in [-0.05, 0) is 86.7 Å². The maximum atomic E-state index is 13.7. The van der Waals surface area contributed by atoms with Crippen LogP contribution in [0.25, 0.3) is 11.8 Å². The molecule has 3 aliphatic rings. The number of benzene rings is 1. The SMILES string of the molecule is Cc1cccc(-n2cccc2C=C2SC(=NC3CCCCC3)N(C3CCCCC3)C2=O)c1C. The van der Waals surface area contributed by atoms with Crippen LogP contribution in [0.15, 0.2) is 46.4 Å². The molecule has 0 N–H and O–H groups in total. The molecule has 1 aromatic heterocycles. The molecule has 0 spiro atoms. The quantitative estimate of drug-likeness (QED) is 0.458. The lowest BCUT2D eigenvalue weighted by Gasteiger charge is -2.31. The number of hydrogen-bond donors (Lipinski definition) is 0. The topological polar surface area (TPSA) is 37.6 Å². The second-order valence-electron chi connectivity index (χ2n) is 9.80. The van der Waals surface area contributed by atoms with E-state index in [2.05, 4.69) is 65.9 Å². The van der Waals surface area contributed by atoms with Gasteiger partial charge in [0.2, 0.25) is 0 Å². The molecular weight excluding hydrogens is 426 g/mol. The number of amidine groups is 1. The summed E-state index contributed by atoms with van der Waals surface area (Å²) in [5, 5.41) is 0.954. The van der Waals surface area contributed by atoms with Gasteiger partial charge in [0.25, 0.3) is 5.91 Å². The first-order valence-electron chi connectivity index (χ1n) is 12.7. The van der Waals surface area contributed by atoms with Crippen molar-refractivity contribution >= 4 is 28.9 Å². The van der Waals surface area contributed by atoms with Crippen LogP contribution < -0.4 is 0 Å². The highest BCUT2D eigenvalue weighted by Crippen LogP contribution is 2.38. The van der Waals surface area contributed by atoms with E-state index >= 15 is 0 Å². The molecule has 5 heteroatoms. The Balaban J connectivity index is 1.49. The van der Waals surface area contributed by atoms with Gasteiger partial charge in [-0.1, -0.05) is 50.7 Å². The summed E-state index contributed by atoms with van der Waals surface area (Å²) in [6.07, 6.45) is 16.2. The molecule has 1 saturated heterocycles. The summed E-state index contributed by atoms with van der Waals surface area (Å²) >= 11 is 1.60. The minimum atomic E-state index is 0.148. The average molecular weight is 462 g/mol. The van der Waals surface area contributed by atoms with Crippen molar-refractivity contribution in [3.63, 3.8) is 0 Å². The van der Waals surface area contributed by atoms with Crippen LogP contribution in [0.2, 0.25) is 0 Å². The predicted molar refractivity (Wildman–Crippen MR) is 139 cm³/mol.